The first-order chi connectivity index (χ1) is 5.24. The Labute approximate surface area is 63.5 Å². The number of anilines is 1. The first kappa shape index (κ1) is 7.35. The Bertz CT molecular complexity index is 347. The number of hydrogen-bond donors (Lipinski definition) is 2. The third kappa shape index (κ3) is 1.58. The van der Waals surface area contributed by atoms with Crippen molar-refractivity contribution in [3.05, 3.63) is 22.2 Å². The molecule has 11 heavy (non-hydrogen) atoms. The molecule has 0 atom stereocenters. The van der Waals surface area contributed by atoms with Crippen LogP contribution in [0, 0.1) is 12.3 Å². The van der Waals surface area contributed by atoms with E-state index in [1.807, 2.05) is 0 Å². The smallest absolute Gasteiger partial charge is 0.346 e. The quantitative estimate of drug-likeness (QED) is 0.530. The van der Waals surface area contributed by atoms with Gasteiger partial charge in [-0.2, -0.15) is 4.98 Å². The Morgan fingerprint density at radius 2 is 2.55 bits per heavy atom. The van der Waals surface area contributed by atoms with Crippen LogP contribution in [-0.4, -0.2) is 9.97 Å². The molecule has 1 aromatic rings. The second-order valence-electron chi connectivity index (χ2n) is 2.00. The number of nitrogen functional groups attached to an aromatic ring is 1. The molecule has 0 aromatic carbocycles. The zero-order valence-corrected chi connectivity index (χ0v) is 5.79. The Morgan fingerprint density at radius 3 is 3.09 bits per heavy atom. The first-order valence-electron chi connectivity index (χ1n) is 3.01. The van der Waals surface area contributed by atoms with E-state index in [4.69, 9.17) is 12.2 Å². The van der Waals surface area contributed by atoms with Crippen molar-refractivity contribution in [3.63, 3.8) is 0 Å². The molecule has 0 aliphatic carbocycles. The topological polar surface area (TPSA) is 71.8 Å². The lowest BCUT2D eigenvalue weighted by atomic mass is 10.2. The van der Waals surface area contributed by atoms with E-state index in [-0.39, 0.29) is 5.82 Å². The summed E-state index contributed by atoms with van der Waals surface area (Å²) in [5.41, 5.74) is 5.60. The zero-order chi connectivity index (χ0) is 8.27. The SMILES string of the molecule is C#CCc1c[nH]c(=O)nc1N. The zero-order valence-electron chi connectivity index (χ0n) is 5.79. The average molecular weight is 149 g/mol. The van der Waals surface area contributed by atoms with Crippen LogP contribution in [0.1, 0.15) is 5.56 Å². The molecule has 0 aliphatic heterocycles. The second-order valence-corrected chi connectivity index (χ2v) is 2.00. The lowest BCUT2D eigenvalue weighted by Crippen LogP contribution is -2.13. The van der Waals surface area contributed by atoms with Crippen LogP contribution in [0.5, 0.6) is 0 Å². The van der Waals surface area contributed by atoms with Crippen LogP contribution in [0.4, 0.5) is 5.82 Å². The van der Waals surface area contributed by atoms with Crippen molar-refractivity contribution in [2.75, 3.05) is 5.73 Å². The molecule has 0 amide bonds. The van der Waals surface area contributed by atoms with Gasteiger partial charge in [-0.05, 0) is 0 Å². The highest BCUT2D eigenvalue weighted by atomic mass is 16.1. The molecular weight excluding hydrogens is 142 g/mol. The van der Waals surface area contributed by atoms with Crippen molar-refractivity contribution in [3.8, 4) is 12.3 Å². The molecule has 3 N–H and O–H groups in total. The van der Waals surface area contributed by atoms with Crippen LogP contribution in [0.3, 0.4) is 0 Å². The van der Waals surface area contributed by atoms with E-state index >= 15 is 0 Å². The minimum atomic E-state index is -0.455. The van der Waals surface area contributed by atoms with Crippen LogP contribution >= 0.6 is 0 Å². The van der Waals surface area contributed by atoms with Gasteiger partial charge in [0.15, 0.2) is 0 Å². The molecule has 0 saturated heterocycles. The summed E-state index contributed by atoms with van der Waals surface area (Å²) in [7, 11) is 0. The number of H-pyrrole nitrogens is 1. The molecule has 0 radical (unpaired) electrons. The summed E-state index contributed by atoms with van der Waals surface area (Å²) in [5.74, 6) is 2.60. The van der Waals surface area contributed by atoms with Crippen LogP contribution in [-0.2, 0) is 6.42 Å². The molecule has 4 nitrogen and oxygen atoms in total. The first-order valence-corrected chi connectivity index (χ1v) is 3.01. The van der Waals surface area contributed by atoms with Crippen LogP contribution < -0.4 is 11.4 Å². The third-order valence-corrected chi connectivity index (χ3v) is 1.21. The number of terminal acetylenes is 1. The molecule has 4 heteroatoms. The van der Waals surface area contributed by atoms with Gasteiger partial charge in [-0.3, -0.25) is 0 Å². The molecule has 1 heterocycles. The van der Waals surface area contributed by atoms with Crippen molar-refractivity contribution in [2.45, 2.75) is 6.42 Å². The van der Waals surface area contributed by atoms with E-state index in [2.05, 4.69) is 15.9 Å². The molecule has 0 saturated carbocycles. The Balaban J connectivity index is 3.11. The minimum Gasteiger partial charge on any atom is -0.383 e. The summed E-state index contributed by atoms with van der Waals surface area (Å²) < 4.78 is 0. The lowest BCUT2D eigenvalue weighted by Gasteiger charge is -1.96. The van der Waals surface area contributed by atoms with E-state index in [0.717, 1.165) is 0 Å². The number of aromatic amines is 1. The van der Waals surface area contributed by atoms with Crippen LogP contribution in [0.25, 0.3) is 0 Å². The fourth-order valence-corrected chi connectivity index (χ4v) is 0.688. The highest BCUT2D eigenvalue weighted by Crippen LogP contribution is 2.02. The normalized spacial score (nSPS) is 9.00. The van der Waals surface area contributed by atoms with Gasteiger partial charge >= 0.3 is 5.69 Å². The molecule has 0 aliphatic rings. The Kier molecular flexibility index (Phi) is 1.93. The summed E-state index contributed by atoms with van der Waals surface area (Å²) in [6.07, 6.45) is 6.90. The Hall–Kier alpha value is -1.76. The summed E-state index contributed by atoms with van der Waals surface area (Å²) in [4.78, 5) is 16.4. The van der Waals surface area contributed by atoms with Gasteiger partial charge in [0.2, 0.25) is 0 Å². The standard InChI is InChI=1S/C7H7N3O/c1-2-3-5-4-9-7(11)10-6(5)8/h1,4H,3H2,(H3,8,9,10,11). The molecule has 1 aromatic heterocycles. The van der Waals surface area contributed by atoms with Crippen LogP contribution in [0.2, 0.25) is 0 Å². The van der Waals surface area contributed by atoms with Gasteiger partial charge in [0.1, 0.15) is 5.82 Å². The fraction of sp³-hybridized carbons (Fsp3) is 0.143. The van der Waals surface area contributed by atoms with E-state index in [1.54, 1.807) is 0 Å². The van der Waals surface area contributed by atoms with Crippen LogP contribution in [0.15, 0.2) is 11.0 Å². The maximum Gasteiger partial charge on any atom is 0.346 e. The summed E-state index contributed by atoms with van der Waals surface area (Å²) in [5, 5.41) is 0. The second kappa shape index (κ2) is 2.88. The number of aromatic nitrogens is 2. The van der Waals surface area contributed by atoms with E-state index in [1.165, 1.54) is 6.20 Å². The van der Waals surface area contributed by atoms with Crippen molar-refractivity contribution < 1.29 is 0 Å². The van der Waals surface area contributed by atoms with Gasteiger partial charge in [-0.1, -0.05) is 0 Å². The predicted octanol–water partition coefficient (Wildman–Crippen LogP) is -0.472. The molecule has 0 spiro atoms. The van der Waals surface area contributed by atoms with Gasteiger partial charge in [0.05, 0.1) is 0 Å². The highest BCUT2D eigenvalue weighted by Gasteiger charge is 1.97. The highest BCUT2D eigenvalue weighted by molar-refractivity contribution is 5.38. The van der Waals surface area contributed by atoms with Gasteiger partial charge in [-0.25, -0.2) is 4.79 Å². The lowest BCUT2D eigenvalue weighted by molar-refractivity contribution is 1.04. The fourth-order valence-electron chi connectivity index (χ4n) is 0.688. The summed E-state index contributed by atoms with van der Waals surface area (Å²) in [6, 6.07) is 0. The van der Waals surface area contributed by atoms with Gasteiger partial charge < -0.3 is 10.7 Å². The monoisotopic (exact) mass is 149 g/mol. The van der Waals surface area contributed by atoms with Crippen molar-refractivity contribution in [2.24, 2.45) is 0 Å². The largest absolute Gasteiger partial charge is 0.383 e. The number of hydrogen-bond acceptors (Lipinski definition) is 3. The summed E-state index contributed by atoms with van der Waals surface area (Å²) in [6.45, 7) is 0. The van der Waals surface area contributed by atoms with E-state index in [0.29, 0.717) is 12.0 Å². The van der Waals surface area contributed by atoms with E-state index in [9.17, 15) is 4.79 Å². The maximum absolute atomic E-state index is 10.5. The number of nitrogens with zero attached hydrogens (tertiary/aromatic N) is 1. The molecular formula is C7H7N3O. The predicted molar refractivity (Wildman–Crippen MR) is 41.8 cm³/mol. The van der Waals surface area contributed by atoms with Gasteiger partial charge in [0.25, 0.3) is 0 Å². The van der Waals surface area contributed by atoms with Crippen molar-refractivity contribution in [1.29, 1.82) is 0 Å². The Morgan fingerprint density at radius 1 is 1.82 bits per heavy atom. The summed E-state index contributed by atoms with van der Waals surface area (Å²) >= 11 is 0. The van der Waals surface area contributed by atoms with E-state index < -0.39 is 5.69 Å². The number of nitrogens with one attached hydrogen (secondary N) is 1. The maximum atomic E-state index is 10.5. The average Bonchev–Trinajstić information content (AvgIpc) is 1.95. The molecule has 56 valence electrons. The van der Waals surface area contributed by atoms with Crippen molar-refractivity contribution in [1.82, 2.24) is 9.97 Å². The van der Waals surface area contributed by atoms with Gasteiger partial charge in [-0.15, -0.1) is 12.3 Å². The van der Waals surface area contributed by atoms with Gasteiger partial charge in [0, 0.05) is 18.2 Å². The molecule has 0 fully saturated rings. The minimum absolute atomic E-state index is 0.201. The third-order valence-electron chi connectivity index (χ3n) is 1.21. The number of nitrogens with two attached hydrogens (primary N) is 1. The molecule has 1 rings (SSSR count). The molecule has 0 unspecified atom stereocenters. The number of rotatable bonds is 1. The van der Waals surface area contributed by atoms with Crippen molar-refractivity contribution >= 4 is 5.82 Å². The molecule has 0 bridgehead atoms.